The van der Waals surface area contributed by atoms with Crippen LogP contribution < -0.4 is 4.74 Å². The second-order valence-electron chi connectivity index (χ2n) is 5.22. The Kier molecular flexibility index (Phi) is 3.70. The van der Waals surface area contributed by atoms with E-state index in [0.29, 0.717) is 6.10 Å². The Bertz CT molecular complexity index is 576. The summed E-state index contributed by atoms with van der Waals surface area (Å²) in [5.41, 5.74) is 2.89. The smallest absolute Gasteiger partial charge is 0.119 e. The van der Waals surface area contributed by atoms with Crippen molar-refractivity contribution in [3.63, 3.8) is 0 Å². The van der Waals surface area contributed by atoms with Gasteiger partial charge in [0.1, 0.15) is 11.9 Å². The van der Waals surface area contributed by atoms with Gasteiger partial charge in [0, 0.05) is 12.4 Å². The van der Waals surface area contributed by atoms with Crippen molar-refractivity contribution in [3.8, 4) is 5.75 Å². The van der Waals surface area contributed by atoms with Crippen molar-refractivity contribution in [2.24, 2.45) is 0 Å². The van der Waals surface area contributed by atoms with Gasteiger partial charge in [0.25, 0.3) is 0 Å². The molecule has 3 nitrogen and oxygen atoms in total. The SMILES string of the molecule is CCc1cnccc1C(O)c1ccc(OC2CC2)cc1. The third-order valence-corrected chi connectivity index (χ3v) is 3.64. The van der Waals surface area contributed by atoms with Gasteiger partial charge in [-0.1, -0.05) is 19.1 Å². The zero-order chi connectivity index (χ0) is 13.9. The number of aliphatic hydroxyl groups excluding tert-OH is 1. The third-order valence-electron chi connectivity index (χ3n) is 3.64. The van der Waals surface area contributed by atoms with E-state index < -0.39 is 6.10 Å². The lowest BCUT2D eigenvalue weighted by Crippen LogP contribution is -2.04. The topological polar surface area (TPSA) is 42.4 Å². The number of aromatic nitrogens is 1. The lowest BCUT2D eigenvalue weighted by molar-refractivity contribution is 0.219. The molecule has 1 aromatic heterocycles. The van der Waals surface area contributed by atoms with E-state index in [0.717, 1.165) is 41.7 Å². The van der Waals surface area contributed by atoms with E-state index in [2.05, 4.69) is 11.9 Å². The van der Waals surface area contributed by atoms with Gasteiger partial charge in [-0.15, -0.1) is 0 Å². The van der Waals surface area contributed by atoms with E-state index in [-0.39, 0.29) is 0 Å². The second-order valence-corrected chi connectivity index (χ2v) is 5.22. The van der Waals surface area contributed by atoms with Crippen molar-refractivity contribution < 1.29 is 9.84 Å². The van der Waals surface area contributed by atoms with E-state index in [1.165, 1.54) is 0 Å². The Labute approximate surface area is 119 Å². The average Bonchev–Trinajstić information content (AvgIpc) is 3.31. The molecule has 1 atom stereocenters. The highest BCUT2D eigenvalue weighted by Crippen LogP contribution is 2.29. The summed E-state index contributed by atoms with van der Waals surface area (Å²) in [7, 11) is 0. The zero-order valence-electron chi connectivity index (χ0n) is 11.6. The lowest BCUT2D eigenvalue weighted by Gasteiger charge is -2.15. The number of hydrogen-bond acceptors (Lipinski definition) is 3. The molecule has 1 saturated carbocycles. The second kappa shape index (κ2) is 5.63. The van der Waals surface area contributed by atoms with Crippen molar-refractivity contribution in [1.29, 1.82) is 0 Å². The van der Waals surface area contributed by atoms with Crippen LogP contribution in [0.4, 0.5) is 0 Å². The molecule has 1 heterocycles. The maximum absolute atomic E-state index is 10.5. The molecule has 1 aliphatic carbocycles. The van der Waals surface area contributed by atoms with E-state index >= 15 is 0 Å². The van der Waals surface area contributed by atoms with E-state index in [1.54, 1.807) is 6.20 Å². The summed E-state index contributed by atoms with van der Waals surface area (Å²) in [5.74, 6) is 0.883. The van der Waals surface area contributed by atoms with Gasteiger partial charge in [-0.3, -0.25) is 4.98 Å². The van der Waals surface area contributed by atoms with Crippen molar-refractivity contribution in [1.82, 2.24) is 4.98 Å². The number of aliphatic hydroxyl groups is 1. The zero-order valence-corrected chi connectivity index (χ0v) is 11.6. The van der Waals surface area contributed by atoms with Gasteiger partial charge < -0.3 is 9.84 Å². The Balaban J connectivity index is 1.80. The molecule has 1 aliphatic rings. The van der Waals surface area contributed by atoms with Crippen LogP contribution in [0.25, 0.3) is 0 Å². The summed E-state index contributed by atoms with van der Waals surface area (Å²) in [4.78, 5) is 4.11. The fourth-order valence-electron chi connectivity index (χ4n) is 2.29. The summed E-state index contributed by atoms with van der Waals surface area (Å²) in [6.07, 6.45) is 6.51. The molecule has 20 heavy (non-hydrogen) atoms. The Morgan fingerprint density at radius 3 is 2.65 bits per heavy atom. The van der Waals surface area contributed by atoms with Crippen molar-refractivity contribution >= 4 is 0 Å². The monoisotopic (exact) mass is 269 g/mol. The maximum Gasteiger partial charge on any atom is 0.119 e. The highest BCUT2D eigenvalue weighted by atomic mass is 16.5. The average molecular weight is 269 g/mol. The van der Waals surface area contributed by atoms with Crippen LogP contribution in [0.2, 0.25) is 0 Å². The van der Waals surface area contributed by atoms with Crippen LogP contribution in [0.5, 0.6) is 5.75 Å². The molecule has 0 amide bonds. The molecule has 104 valence electrons. The van der Waals surface area contributed by atoms with Crippen molar-refractivity contribution in [3.05, 3.63) is 59.4 Å². The van der Waals surface area contributed by atoms with E-state index in [4.69, 9.17) is 4.74 Å². The Morgan fingerprint density at radius 1 is 1.25 bits per heavy atom. The fourth-order valence-corrected chi connectivity index (χ4v) is 2.29. The van der Waals surface area contributed by atoms with Gasteiger partial charge in [0.15, 0.2) is 0 Å². The molecular weight excluding hydrogens is 250 g/mol. The molecule has 1 N–H and O–H groups in total. The Hall–Kier alpha value is -1.87. The fraction of sp³-hybridized carbons (Fsp3) is 0.353. The van der Waals surface area contributed by atoms with Crippen LogP contribution in [0.1, 0.15) is 42.6 Å². The van der Waals surface area contributed by atoms with Gasteiger partial charge in [0.05, 0.1) is 6.10 Å². The van der Waals surface area contributed by atoms with E-state index in [1.807, 2.05) is 36.5 Å². The van der Waals surface area contributed by atoms with Crippen molar-refractivity contribution in [2.75, 3.05) is 0 Å². The van der Waals surface area contributed by atoms with Gasteiger partial charge in [-0.05, 0) is 54.2 Å². The normalized spacial score (nSPS) is 15.9. The molecule has 0 spiro atoms. The molecule has 3 heteroatoms. The highest BCUT2D eigenvalue weighted by molar-refractivity contribution is 5.36. The summed E-state index contributed by atoms with van der Waals surface area (Å²) < 4.78 is 5.72. The van der Waals surface area contributed by atoms with Crippen LogP contribution in [0.3, 0.4) is 0 Å². The predicted octanol–water partition coefficient (Wildman–Crippen LogP) is 3.27. The van der Waals surface area contributed by atoms with Crippen molar-refractivity contribution in [2.45, 2.75) is 38.4 Å². The minimum atomic E-state index is -0.608. The predicted molar refractivity (Wildman–Crippen MR) is 77.8 cm³/mol. The van der Waals surface area contributed by atoms with Gasteiger partial charge in [0.2, 0.25) is 0 Å². The van der Waals surface area contributed by atoms with Crippen LogP contribution >= 0.6 is 0 Å². The number of pyridine rings is 1. The maximum atomic E-state index is 10.5. The summed E-state index contributed by atoms with van der Waals surface area (Å²) in [6.45, 7) is 2.07. The third kappa shape index (κ3) is 2.83. The molecule has 1 fully saturated rings. The van der Waals surface area contributed by atoms with Crippen LogP contribution in [0.15, 0.2) is 42.7 Å². The standard InChI is InChI=1S/C17H19NO2/c1-2-12-11-18-10-9-16(12)17(19)13-3-5-14(6-4-13)20-15-7-8-15/h3-6,9-11,15,17,19H,2,7-8H2,1H3. The molecule has 0 saturated heterocycles. The van der Waals surface area contributed by atoms with Gasteiger partial charge in [-0.25, -0.2) is 0 Å². The van der Waals surface area contributed by atoms with Crippen LogP contribution in [-0.2, 0) is 6.42 Å². The first kappa shape index (κ1) is 13.1. The molecule has 0 aliphatic heterocycles. The minimum Gasteiger partial charge on any atom is -0.490 e. The molecule has 2 aromatic rings. The van der Waals surface area contributed by atoms with Crippen LogP contribution in [0, 0.1) is 0 Å². The Morgan fingerprint density at radius 2 is 2.00 bits per heavy atom. The molecular formula is C17H19NO2. The van der Waals surface area contributed by atoms with E-state index in [9.17, 15) is 5.11 Å². The summed E-state index contributed by atoms with van der Waals surface area (Å²) >= 11 is 0. The molecule has 0 bridgehead atoms. The number of nitrogens with zero attached hydrogens (tertiary/aromatic N) is 1. The molecule has 1 aromatic carbocycles. The minimum absolute atomic E-state index is 0.401. The van der Waals surface area contributed by atoms with Gasteiger partial charge in [-0.2, -0.15) is 0 Å². The van der Waals surface area contributed by atoms with Gasteiger partial charge >= 0.3 is 0 Å². The number of hydrogen-bond donors (Lipinski definition) is 1. The first-order chi connectivity index (χ1) is 9.78. The lowest BCUT2D eigenvalue weighted by atomic mass is 9.97. The summed E-state index contributed by atoms with van der Waals surface area (Å²) in [6, 6.07) is 9.62. The number of aryl methyl sites for hydroxylation is 1. The quantitative estimate of drug-likeness (QED) is 0.906. The summed E-state index contributed by atoms with van der Waals surface area (Å²) in [5, 5.41) is 10.5. The number of ether oxygens (including phenoxy) is 1. The first-order valence-corrected chi connectivity index (χ1v) is 7.15. The number of rotatable bonds is 5. The number of benzene rings is 1. The van der Waals surface area contributed by atoms with Crippen LogP contribution in [-0.4, -0.2) is 16.2 Å². The first-order valence-electron chi connectivity index (χ1n) is 7.15. The largest absolute Gasteiger partial charge is 0.490 e. The highest BCUT2D eigenvalue weighted by Gasteiger charge is 2.23. The molecule has 1 unspecified atom stereocenters. The molecule has 0 radical (unpaired) electrons. The molecule has 3 rings (SSSR count).